The van der Waals surface area contributed by atoms with Crippen LogP contribution in [0.2, 0.25) is 0 Å². The van der Waals surface area contributed by atoms with Crippen molar-refractivity contribution in [2.24, 2.45) is 11.3 Å². The van der Waals surface area contributed by atoms with Gasteiger partial charge in [0.15, 0.2) is 0 Å². The number of para-hydroxylation sites is 1. The van der Waals surface area contributed by atoms with E-state index in [1.54, 1.807) is 0 Å². The van der Waals surface area contributed by atoms with Crippen molar-refractivity contribution >= 4 is 11.6 Å². The fourth-order valence-electron chi connectivity index (χ4n) is 3.50. The minimum Gasteiger partial charge on any atom is -0.309 e. The molecule has 1 aromatic carbocycles. The van der Waals surface area contributed by atoms with Gasteiger partial charge in [-0.15, -0.1) is 0 Å². The second kappa shape index (κ2) is 7.30. The third kappa shape index (κ3) is 4.59. The zero-order chi connectivity index (χ0) is 16.2. The summed E-state index contributed by atoms with van der Waals surface area (Å²) in [4.78, 5) is 15.0. The molecule has 1 aliphatic carbocycles. The molecule has 0 aliphatic heterocycles. The van der Waals surface area contributed by atoms with Crippen LogP contribution in [0.4, 0.5) is 5.69 Å². The van der Waals surface area contributed by atoms with E-state index in [2.05, 4.69) is 44.7 Å². The van der Waals surface area contributed by atoms with E-state index in [4.69, 9.17) is 0 Å². The zero-order valence-corrected chi connectivity index (χ0v) is 14.6. The van der Waals surface area contributed by atoms with Crippen molar-refractivity contribution in [1.29, 1.82) is 0 Å². The van der Waals surface area contributed by atoms with Crippen LogP contribution in [0, 0.1) is 11.3 Å². The van der Waals surface area contributed by atoms with Crippen molar-refractivity contribution in [3.05, 3.63) is 30.3 Å². The Kier molecular flexibility index (Phi) is 5.66. The molecule has 0 aromatic heterocycles. The molecule has 1 saturated carbocycles. The second-order valence-electron chi connectivity index (χ2n) is 7.92. The predicted molar refractivity (Wildman–Crippen MR) is 94.0 cm³/mol. The van der Waals surface area contributed by atoms with Crippen LogP contribution < -0.4 is 4.90 Å². The first-order valence-corrected chi connectivity index (χ1v) is 8.78. The maximum Gasteiger partial charge on any atom is 0.227 e. The minimum atomic E-state index is 0.0325. The van der Waals surface area contributed by atoms with Crippen LogP contribution in [0.25, 0.3) is 0 Å². The highest BCUT2D eigenvalue weighted by Gasteiger charge is 2.31. The fraction of sp³-hybridized carbons (Fsp3) is 0.650. The summed E-state index contributed by atoms with van der Waals surface area (Å²) in [7, 11) is 0. The summed E-state index contributed by atoms with van der Waals surface area (Å²) in [5.74, 6) is 1.13. The fourth-order valence-corrected chi connectivity index (χ4v) is 3.50. The summed E-state index contributed by atoms with van der Waals surface area (Å²) < 4.78 is 0. The topological polar surface area (TPSA) is 20.3 Å². The Hall–Kier alpha value is -1.31. The highest BCUT2D eigenvalue weighted by molar-refractivity contribution is 5.94. The number of anilines is 1. The van der Waals surface area contributed by atoms with Crippen LogP contribution in [0.1, 0.15) is 66.2 Å². The Morgan fingerprint density at radius 1 is 1.09 bits per heavy atom. The molecule has 22 heavy (non-hydrogen) atoms. The molecule has 0 bridgehead atoms. The number of carbonyl (C=O) groups is 1. The molecule has 0 atom stereocenters. The van der Waals surface area contributed by atoms with E-state index in [-0.39, 0.29) is 11.3 Å². The number of amides is 1. The molecule has 1 fully saturated rings. The molecule has 1 aliphatic rings. The predicted octanol–water partition coefficient (Wildman–Crippen LogP) is 5.42. The molecule has 0 heterocycles. The van der Waals surface area contributed by atoms with Crippen molar-refractivity contribution in [3.8, 4) is 0 Å². The number of rotatable bonds is 4. The summed E-state index contributed by atoms with van der Waals surface area (Å²) in [5.41, 5.74) is 1.10. The number of benzene rings is 1. The Labute approximate surface area is 135 Å². The standard InChI is InChI=1S/C20H31NO/c1-5-16-11-13-18(14-12-16)21(17-9-7-6-8-10-17)19(22)15-20(2,3)4/h6-10,16,18H,5,11-15H2,1-4H3. The molecule has 2 rings (SSSR count). The Morgan fingerprint density at radius 3 is 2.18 bits per heavy atom. The lowest BCUT2D eigenvalue weighted by Crippen LogP contribution is -2.43. The van der Waals surface area contributed by atoms with Crippen LogP contribution in [0.5, 0.6) is 0 Å². The highest BCUT2D eigenvalue weighted by Crippen LogP contribution is 2.33. The van der Waals surface area contributed by atoms with Crippen LogP contribution in [0.3, 0.4) is 0 Å². The van der Waals surface area contributed by atoms with Gasteiger partial charge in [0, 0.05) is 18.2 Å². The molecule has 0 unspecified atom stereocenters. The van der Waals surface area contributed by atoms with Gasteiger partial charge in [0.05, 0.1) is 0 Å². The van der Waals surface area contributed by atoms with E-state index < -0.39 is 0 Å². The first-order chi connectivity index (χ1) is 10.4. The maximum atomic E-state index is 12.9. The Morgan fingerprint density at radius 2 is 1.68 bits per heavy atom. The summed E-state index contributed by atoms with van der Waals surface area (Å²) >= 11 is 0. The first kappa shape index (κ1) is 17.1. The molecule has 1 amide bonds. The SMILES string of the molecule is CCC1CCC(N(C(=O)CC(C)(C)C)c2ccccc2)CC1. The molecular weight excluding hydrogens is 270 g/mol. The lowest BCUT2D eigenvalue weighted by atomic mass is 9.83. The number of hydrogen-bond donors (Lipinski definition) is 0. The molecule has 1 aromatic rings. The van der Waals surface area contributed by atoms with E-state index in [0.29, 0.717) is 12.5 Å². The van der Waals surface area contributed by atoms with Gasteiger partial charge in [-0.25, -0.2) is 0 Å². The van der Waals surface area contributed by atoms with E-state index >= 15 is 0 Å². The van der Waals surface area contributed by atoms with E-state index in [0.717, 1.165) is 24.4 Å². The van der Waals surface area contributed by atoms with Gasteiger partial charge in [-0.1, -0.05) is 52.3 Å². The minimum absolute atomic E-state index is 0.0325. The van der Waals surface area contributed by atoms with Crippen LogP contribution in [0.15, 0.2) is 30.3 Å². The molecule has 122 valence electrons. The molecule has 0 N–H and O–H groups in total. The summed E-state index contributed by atoms with van der Waals surface area (Å²) in [6.07, 6.45) is 6.68. The molecule has 0 saturated heterocycles. The monoisotopic (exact) mass is 301 g/mol. The van der Waals surface area contributed by atoms with Crippen molar-refractivity contribution < 1.29 is 4.79 Å². The first-order valence-electron chi connectivity index (χ1n) is 8.78. The molecule has 2 nitrogen and oxygen atoms in total. The lowest BCUT2D eigenvalue weighted by Gasteiger charge is -2.38. The van der Waals surface area contributed by atoms with Gasteiger partial charge in [0.2, 0.25) is 5.91 Å². The zero-order valence-electron chi connectivity index (χ0n) is 14.6. The number of carbonyl (C=O) groups excluding carboxylic acids is 1. The van der Waals surface area contributed by atoms with Crippen molar-refractivity contribution in [2.45, 2.75) is 72.3 Å². The summed E-state index contributed by atoms with van der Waals surface area (Å²) in [6, 6.07) is 10.6. The second-order valence-corrected chi connectivity index (χ2v) is 7.92. The van der Waals surface area contributed by atoms with Crippen molar-refractivity contribution in [2.75, 3.05) is 4.90 Å². The largest absolute Gasteiger partial charge is 0.309 e. The Balaban J connectivity index is 2.17. The third-order valence-electron chi connectivity index (χ3n) is 4.74. The van der Waals surface area contributed by atoms with E-state index in [1.807, 2.05) is 18.2 Å². The molecular formula is C20H31NO. The van der Waals surface area contributed by atoms with Gasteiger partial charge < -0.3 is 4.90 Å². The van der Waals surface area contributed by atoms with E-state index in [9.17, 15) is 4.79 Å². The molecule has 0 spiro atoms. The lowest BCUT2D eigenvalue weighted by molar-refractivity contribution is -0.121. The quantitative estimate of drug-likeness (QED) is 0.726. The van der Waals surface area contributed by atoms with Gasteiger partial charge in [-0.2, -0.15) is 0 Å². The number of hydrogen-bond acceptors (Lipinski definition) is 1. The van der Waals surface area contributed by atoms with Crippen molar-refractivity contribution in [3.63, 3.8) is 0 Å². The van der Waals surface area contributed by atoms with Crippen LogP contribution in [-0.4, -0.2) is 11.9 Å². The maximum absolute atomic E-state index is 12.9. The number of nitrogens with zero attached hydrogens (tertiary/aromatic N) is 1. The van der Waals surface area contributed by atoms with Crippen molar-refractivity contribution in [1.82, 2.24) is 0 Å². The Bertz CT molecular complexity index is 466. The molecule has 2 heteroatoms. The van der Waals surface area contributed by atoms with Gasteiger partial charge in [-0.3, -0.25) is 4.79 Å². The third-order valence-corrected chi connectivity index (χ3v) is 4.74. The van der Waals surface area contributed by atoms with Gasteiger partial charge in [-0.05, 0) is 49.1 Å². The normalized spacial score (nSPS) is 22.4. The summed E-state index contributed by atoms with van der Waals surface area (Å²) in [6.45, 7) is 8.71. The average molecular weight is 301 g/mol. The van der Waals surface area contributed by atoms with Gasteiger partial charge >= 0.3 is 0 Å². The van der Waals surface area contributed by atoms with Gasteiger partial charge in [0.25, 0.3) is 0 Å². The summed E-state index contributed by atoms with van der Waals surface area (Å²) in [5, 5.41) is 0. The van der Waals surface area contributed by atoms with Gasteiger partial charge in [0.1, 0.15) is 0 Å². The average Bonchev–Trinajstić information content (AvgIpc) is 2.47. The smallest absolute Gasteiger partial charge is 0.227 e. The van der Waals surface area contributed by atoms with E-state index in [1.165, 1.54) is 19.3 Å². The highest BCUT2D eigenvalue weighted by atomic mass is 16.2. The van der Waals surface area contributed by atoms with Crippen LogP contribution in [-0.2, 0) is 4.79 Å². The molecule has 0 radical (unpaired) electrons. The van der Waals surface area contributed by atoms with Crippen LogP contribution >= 0.6 is 0 Å².